The summed E-state index contributed by atoms with van der Waals surface area (Å²) in [7, 11) is 0. The molecule has 0 radical (unpaired) electrons. The number of aliphatic hydroxyl groups is 1. The second-order valence-electron chi connectivity index (χ2n) is 11.2. The Hall–Kier alpha value is -4.07. The first-order valence-electron chi connectivity index (χ1n) is 13.9. The monoisotopic (exact) mass is 580 g/mol. The predicted molar refractivity (Wildman–Crippen MR) is 159 cm³/mol. The molecule has 2 aromatic carbocycles. The summed E-state index contributed by atoms with van der Waals surface area (Å²) in [6, 6.07) is 12.4. The van der Waals surface area contributed by atoms with Crippen molar-refractivity contribution in [2.24, 2.45) is 5.92 Å². The normalized spacial score (nSPS) is 13.8. The number of amides is 2. The molecule has 0 aliphatic heterocycles. The summed E-state index contributed by atoms with van der Waals surface area (Å²) in [4.78, 5) is 38.7. The van der Waals surface area contributed by atoms with Crippen LogP contribution in [0.2, 0.25) is 0 Å². The number of hydrogen-bond donors (Lipinski definition) is 4. The minimum absolute atomic E-state index is 0.0729. The molecule has 0 fully saturated rings. The molecule has 0 saturated heterocycles. The van der Waals surface area contributed by atoms with Crippen LogP contribution in [0.25, 0.3) is 6.08 Å². The van der Waals surface area contributed by atoms with Gasteiger partial charge in [-0.2, -0.15) is 5.26 Å². The van der Waals surface area contributed by atoms with Crippen molar-refractivity contribution in [1.82, 2.24) is 16.0 Å². The maximum absolute atomic E-state index is 14.3. The number of ether oxygens (including phenoxy) is 1. The summed E-state index contributed by atoms with van der Waals surface area (Å²) in [6.45, 7) is 10.7. The first kappa shape index (κ1) is 34.1. The molecule has 2 rings (SSSR count). The number of aryl methyl sites for hydroxylation is 1. The molecule has 2 amide bonds. The second-order valence-corrected chi connectivity index (χ2v) is 11.2. The number of carbonyl (C=O) groups excluding carboxylic acids is 3. The molecular formula is C32H41FN4O5. The first-order chi connectivity index (χ1) is 19.7. The Bertz CT molecular complexity index is 1330. The van der Waals surface area contributed by atoms with E-state index in [1.807, 2.05) is 26.8 Å². The number of benzene rings is 2. The molecule has 0 unspecified atom stereocenters. The Balaban J connectivity index is 2.23. The fourth-order valence-corrected chi connectivity index (χ4v) is 4.11. The number of Topliss-reactive ketones (excluding diaryl/α,β-unsaturated/α-hetero) is 1. The van der Waals surface area contributed by atoms with E-state index in [1.165, 1.54) is 19.1 Å². The fourth-order valence-electron chi connectivity index (χ4n) is 4.11. The van der Waals surface area contributed by atoms with Gasteiger partial charge in [-0.3, -0.25) is 14.4 Å². The van der Waals surface area contributed by atoms with Crippen LogP contribution >= 0.6 is 0 Å². The van der Waals surface area contributed by atoms with Crippen molar-refractivity contribution < 1.29 is 28.6 Å². The molecule has 10 heteroatoms. The molecule has 0 aliphatic rings. The Morgan fingerprint density at radius 3 is 2.48 bits per heavy atom. The molecule has 0 heterocycles. The highest BCUT2D eigenvalue weighted by Crippen LogP contribution is 2.19. The maximum atomic E-state index is 14.3. The van der Waals surface area contributed by atoms with Crippen LogP contribution in [0.3, 0.4) is 0 Å². The van der Waals surface area contributed by atoms with Crippen LogP contribution < -0.4 is 20.7 Å². The van der Waals surface area contributed by atoms with E-state index >= 15 is 0 Å². The zero-order valence-corrected chi connectivity index (χ0v) is 25.1. The number of rotatable bonds is 14. The molecule has 4 N–H and O–H groups in total. The van der Waals surface area contributed by atoms with Crippen molar-refractivity contribution >= 4 is 23.7 Å². The zero-order chi connectivity index (χ0) is 31.4. The van der Waals surface area contributed by atoms with Gasteiger partial charge in [0, 0.05) is 24.1 Å². The number of nitrogens with one attached hydrogen (secondary N) is 3. The SMILES string of the molecule is CCN[C@H](C(=O)C[C@@H](COc1cccc(C=C(C#N)C(=O)NC(C)(C)C)c1)C(=O)NCc1ccc(C)cc1F)[C@@H](C)O. The number of nitriles is 1. The van der Waals surface area contributed by atoms with Gasteiger partial charge in [0.2, 0.25) is 5.91 Å². The van der Waals surface area contributed by atoms with E-state index in [4.69, 9.17) is 4.74 Å². The van der Waals surface area contributed by atoms with Crippen molar-refractivity contribution in [2.75, 3.05) is 13.2 Å². The highest BCUT2D eigenvalue weighted by atomic mass is 19.1. The summed E-state index contributed by atoms with van der Waals surface area (Å²) in [5.74, 6) is -2.42. The van der Waals surface area contributed by atoms with Crippen LogP contribution in [0.1, 0.15) is 57.7 Å². The van der Waals surface area contributed by atoms with Crippen LogP contribution in [0.4, 0.5) is 4.39 Å². The molecule has 2 aromatic rings. The van der Waals surface area contributed by atoms with Gasteiger partial charge >= 0.3 is 0 Å². The smallest absolute Gasteiger partial charge is 0.262 e. The van der Waals surface area contributed by atoms with E-state index < -0.39 is 41.2 Å². The Kier molecular flexibility index (Phi) is 12.8. The molecule has 0 aromatic heterocycles. The summed E-state index contributed by atoms with van der Waals surface area (Å²) in [5, 5.41) is 28.0. The number of nitrogens with zero attached hydrogens (tertiary/aromatic N) is 1. The molecule has 0 aliphatic carbocycles. The lowest BCUT2D eigenvalue weighted by Gasteiger charge is -2.23. The van der Waals surface area contributed by atoms with Crippen LogP contribution in [0.15, 0.2) is 48.0 Å². The molecule has 226 valence electrons. The van der Waals surface area contributed by atoms with E-state index in [2.05, 4.69) is 16.0 Å². The molecule has 0 saturated carbocycles. The number of likely N-dealkylation sites (N-methyl/N-ethyl adjacent to an activating group) is 1. The first-order valence-corrected chi connectivity index (χ1v) is 13.9. The zero-order valence-electron chi connectivity index (χ0n) is 25.1. The molecule has 0 spiro atoms. The predicted octanol–water partition coefficient (Wildman–Crippen LogP) is 3.59. The van der Waals surface area contributed by atoms with E-state index in [0.717, 1.165) is 5.56 Å². The largest absolute Gasteiger partial charge is 0.493 e. The average molecular weight is 581 g/mol. The minimum Gasteiger partial charge on any atom is -0.493 e. The minimum atomic E-state index is -0.975. The average Bonchev–Trinajstić information content (AvgIpc) is 2.90. The second kappa shape index (κ2) is 15.8. The summed E-state index contributed by atoms with van der Waals surface area (Å²) >= 11 is 0. The van der Waals surface area contributed by atoms with E-state index in [0.29, 0.717) is 23.4 Å². The third-order valence-corrected chi connectivity index (χ3v) is 6.21. The van der Waals surface area contributed by atoms with E-state index in [-0.39, 0.29) is 30.9 Å². The van der Waals surface area contributed by atoms with Gasteiger partial charge in [-0.25, -0.2) is 4.39 Å². The number of ketones is 1. The van der Waals surface area contributed by atoms with Gasteiger partial charge in [0.1, 0.15) is 29.8 Å². The summed E-state index contributed by atoms with van der Waals surface area (Å²) in [5.41, 5.74) is 0.983. The molecular weight excluding hydrogens is 539 g/mol. The standard InChI is InChI=1S/C32H41FN4O5/c1-7-35-29(21(3)38)28(39)16-25(30(40)36-18-23-12-11-20(2)13-27(23)33)19-42-26-10-8-9-22(15-26)14-24(17-34)31(41)37-32(4,5)6/h8-15,21,25,29,35,38H,7,16,18-19H2,1-6H3,(H,36,40)(H,37,41)/t21-,25+,29+/m1/s1. The Morgan fingerprint density at radius 1 is 1.17 bits per heavy atom. The number of carbonyl (C=O) groups is 3. The van der Waals surface area contributed by atoms with Gasteiger partial charge in [0.05, 0.1) is 18.1 Å². The van der Waals surface area contributed by atoms with Gasteiger partial charge in [0.25, 0.3) is 5.91 Å². The van der Waals surface area contributed by atoms with Crippen molar-refractivity contribution in [2.45, 2.75) is 72.2 Å². The maximum Gasteiger partial charge on any atom is 0.262 e. The molecule has 9 nitrogen and oxygen atoms in total. The number of aliphatic hydroxyl groups excluding tert-OH is 1. The van der Waals surface area contributed by atoms with Crippen LogP contribution in [0.5, 0.6) is 5.75 Å². The number of hydrogen-bond acceptors (Lipinski definition) is 7. The van der Waals surface area contributed by atoms with Crippen LogP contribution in [-0.4, -0.2) is 53.5 Å². The van der Waals surface area contributed by atoms with Crippen molar-refractivity contribution in [3.63, 3.8) is 0 Å². The third-order valence-electron chi connectivity index (χ3n) is 6.21. The highest BCUT2D eigenvalue weighted by Gasteiger charge is 2.29. The Labute approximate surface area is 247 Å². The van der Waals surface area contributed by atoms with E-state index in [9.17, 15) is 29.1 Å². The third kappa shape index (κ3) is 11.1. The lowest BCUT2D eigenvalue weighted by Crippen LogP contribution is -2.47. The van der Waals surface area contributed by atoms with E-state index in [1.54, 1.807) is 50.2 Å². The van der Waals surface area contributed by atoms with Crippen LogP contribution in [-0.2, 0) is 20.9 Å². The quantitative estimate of drug-likeness (QED) is 0.198. The van der Waals surface area contributed by atoms with Gasteiger partial charge in [-0.15, -0.1) is 0 Å². The van der Waals surface area contributed by atoms with Gasteiger partial charge in [0.15, 0.2) is 5.78 Å². The fraction of sp³-hybridized carbons (Fsp3) is 0.438. The van der Waals surface area contributed by atoms with Crippen molar-refractivity contribution in [3.8, 4) is 11.8 Å². The van der Waals surface area contributed by atoms with Crippen molar-refractivity contribution in [3.05, 3.63) is 70.5 Å². The van der Waals surface area contributed by atoms with Gasteiger partial charge in [-0.1, -0.05) is 31.2 Å². The number of halogens is 1. The topological polar surface area (TPSA) is 141 Å². The highest BCUT2D eigenvalue weighted by molar-refractivity contribution is 6.02. The van der Waals surface area contributed by atoms with Gasteiger partial charge in [-0.05, 0) is 76.6 Å². The Morgan fingerprint density at radius 2 is 1.88 bits per heavy atom. The lowest BCUT2D eigenvalue weighted by atomic mass is 9.95. The summed E-state index contributed by atoms with van der Waals surface area (Å²) < 4.78 is 20.2. The summed E-state index contributed by atoms with van der Waals surface area (Å²) in [6.07, 6.45) is 0.231. The lowest BCUT2D eigenvalue weighted by molar-refractivity contribution is -0.132. The van der Waals surface area contributed by atoms with Crippen LogP contribution in [0, 0.1) is 30.0 Å². The molecule has 42 heavy (non-hydrogen) atoms. The van der Waals surface area contributed by atoms with Crippen molar-refractivity contribution in [1.29, 1.82) is 5.26 Å². The molecule has 3 atom stereocenters. The van der Waals surface area contributed by atoms with Gasteiger partial charge < -0.3 is 25.8 Å². The molecule has 0 bridgehead atoms.